The Balaban J connectivity index is 2.36. The first kappa shape index (κ1) is 16.0. The molecule has 1 aliphatic rings. The molecule has 1 amide bonds. The van der Waals surface area contributed by atoms with E-state index in [0.29, 0.717) is 5.56 Å². The molecule has 1 aromatic carbocycles. The molecule has 4 heteroatoms. The van der Waals surface area contributed by atoms with Crippen LogP contribution in [-0.4, -0.2) is 22.9 Å². The second kappa shape index (κ2) is 7.03. The van der Waals surface area contributed by atoms with Crippen LogP contribution in [0.3, 0.4) is 0 Å². The molecule has 0 saturated carbocycles. The van der Waals surface area contributed by atoms with Crippen LogP contribution in [0.1, 0.15) is 58.2 Å². The van der Waals surface area contributed by atoms with Gasteiger partial charge in [-0.1, -0.05) is 45.4 Å². The van der Waals surface area contributed by atoms with Crippen LogP contribution in [0, 0.1) is 5.82 Å². The van der Waals surface area contributed by atoms with Gasteiger partial charge in [0.05, 0.1) is 6.04 Å². The molecule has 1 N–H and O–H groups in total. The van der Waals surface area contributed by atoms with Gasteiger partial charge in [0.25, 0.3) is 0 Å². The minimum Gasteiger partial charge on any atom is -0.318 e. The number of nitrogens with one attached hydrogen (secondary N) is 1. The van der Waals surface area contributed by atoms with Crippen LogP contribution < -0.4 is 5.32 Å². The predicted molar refractivity (Wildman–Crippen MR) is 82.2 cm³/mol. The molecule has 0 bridgehead atoms. The largest absolute Gasteiger partial charge is 0.318 e. The summed E-state index contributed by atoms with van der Waals surface area (Å²) in [6.45, 7) is 6.22. The molecular formula is C17H25FN2O. The number of carbonyl (C=O) groups is 1. The summed E-state index contributed by atoms with van der Waals surface area (Å²) in [6.07, 6.45) is 3.15. The van der Waals surface area contributed by atoms with E-state index in [4.69, 9.17) is 0 Å². The van der Waals surface area contributed by atoms with Crippen molar-refractivity contribution in [1.29, 1.82) is 0 Å². The van der Waals surface area contributed by atoms with Gasteiger partial charge >= 0.3 is 0 Å². The number of hydrogen-bond acceptors (Lipinski definition) is 2. The van der Waals surface area contributed by atoms with Crippen LogP contribution in [0.15, 0.2) is 24.3 Å². The van der Waals surface area contributed by atoms with E-state index < -0.39 is 0 Å². The molecule has 1 saturated heterocycles. The molecule has 2 unspecified atom stereocenters. The highest BCUT2D eigenvalue weighted by atomic mass is 19.1. The minimum absolute atomic E-state index is 0.110. The van der Waals surface area contributed by atoms with E-state index in [0.717, 1.165) is 25.7 Å². The standard InChI is InChI=1S/C17H25FN2O/c1-4-9-15-17(21)20(12(5-2)6-3)16(19-15)13-10-7-8-11-14(13)18/h7-8,10-12,15-16,19H,4-6,9H2,1-3H3. The van der Waals surface area contributed by atoms with E-state index in [9.17, 15) is 9.18 Å². The van der Waals surface area contributed by atoms with E-state index >= 15 is 0 Å². The first-order valence-corrected chi connectivity index (χ1v) is 7.96. The SMILES string of the molecule is CCCC1NC(c2ccccc2F)N(C(CC)CC)C1=O. The number of halogens is 1. The molecule has 1 aliphatic heterocycles. The number of nitrogens with zero attached hydrogens (tertiary/aromatic N) is 1. The Morgan fingerprint density at radius 2 is 1.90 bits per heavy atom. The van der Waals surface area contributed by atoms with Crippen LogP contribution in [0.25, 0.3) is 0 Å². The van der Waals surface area contributed by atoms with Gasteiger partial charge in [-0.2, -0.15) is 0 Å². The molecule has 0 aliphatic carbocycles. The van der Waals surface area contributed by atoms with Crippen molar-refractivity contribution in [3.05, 3.63) is 35.6 Å². The van der Waals surface area contributed by atoms with Crippen molar-refractivity contribution in [2.24, 2.45) is 0 Å². The highest BCUT2D eigenvalue weighted by Crippen LogP contribution is 2.32. The first-order chi connectivity index (χ1) is 10.1. The van der Waals surface area contributed by atoms with E-state index in [2.05, 4.69) is 26.1 Å². The summed E-state index contributed by atoms with van der Waals surface area (Å²) in [5, 5.41) is 3.33. The first-order valence-electron chi connectivity index (χ1n) is 7.96. The Kier molecular flexibility index (Phi) is 5.34. The fourth-order valence-electron chi connectivity index (χ4n) is 3.15. The zero-order chi connectivity index (χ0) is 15.4. The van der Waals surface area contributed by atoms with Crippen molar-refractivity contribution in [2.75, 3.05) is 0 Å². The molecule has 0 spiro atoms. The van der Waals surface area contributed by atoms with E-state index in [1.807, 2.05) is 11.0 Å². The molecule has 3 nitrogen and oxygen atoms in total. The molecule has 2 rings (SSSR count). The lowest BCUT2D eigenvalue weighted by Gasteiger charge is -2.32. The maximum Gasteiger partial charge on any atom is 0.241 e. The lowest BCUT2D eigenvalue weighted by Crippen LogP contribution is -2.39. The highest BCUT2D eigenvalue weighted by molar-refractivity contribution is 5.84. The Labute approximate surface area is 126 Å². The van der Waals surface area contributed by atoms with Crippen molar-refractivity contribution in [3.63, 3.8) is 0 Å². The van der Waals surface area contributed by atoms with Gasteiger partial charge in [0.2, 0.25) is 5.91 Å². The molecule has 2 atom stereocenters. The average Bonchev–Trinajstić information content (AvgIpc) is 2.79. The number of hydrogen-bond donors (Lipinski definition) is 1. The summed E-state index contributed by atoms with van der Waals surface area (Å²) in [5.41, 5.74) is 0.566. The lowest BCUT2D eigenvalue weighted by molar-refractivity contribution is -0.132. The monoisotopic (exact) mass is 292 g/mol. The van der Waals surface area contributed by atoms with Crippen molar-refractivity contribution in [3.8, 4) is 0 Å². The van der Waals surface area contributed by atoms with E-state index in [-0.39, 0.29) is 30.0 Å². The second-order valence-corrected chi connectivity index (χ2v) is 5.65. The third-order valence-electron chi connectivity index (χ3n) is 4.30. The molecule has 0 radical (unpaired) electrons. The van der Waals surface area contributed by atoms with Crippen LogP contribution in [0.5, 0.6) is 0 Å². The fourth-order valence-corrected chi connectivity index (χ4v) is 3.15. The molecule has 1 fully saturated rings. The molecule has 0 aromatic heterocycles. The number of benzene rings is 1. The summed E-state index contributed by atoms with van der Waals surface area (Å²) in [6, 6.07) is 6.68. The third kappa shape index (κ3) is 3.10. The summed E-state index contributed by atoms with van der Waals surface area (Å²) >= 11 is 0. The lowest BCUT2D eigenvalue weighted by atomic mass is 10.1. The average molecular weight is 292 g/mol. The van der Waals surface area contributed by atoms with Crippen LogP contribution in [-0.2, 0) is 4.79 Å². The maximum atomic E-state index is 14.1. The Morgan fingerprint density at radius 1 is 1.24 bits per heavy atom. The van der Waals surface area contributed by atoms with Gasteiger partial charge in [0.15, 0.2) is 0 Å². The number of carbonyl (C=O) groups excluding carboxylic acids is 1. The molecular weight excluding hydrogens is 267 g/mol. The summed E-state index contributed by atoms with van der Waals surface area (Å²) in [5.74, 6) is -0.144. The van der Waals surface area contributed by atoms with Gasteiger partial charge in [-0.25, -0.2) is 4.39 Å². The van der Waals surface area contributed by atoms with Gasteiger partial charge in [-0.05, 0) is 25.3 Å². The van der Waals surface area contributed by atoms with Crippen molar-refractivity contribution < 1.29 is 9.18 Å². The quantitative estimate of drug-likeness (QED) is 0.868. The molecule has 21 heavy (non-hydrogen) atoms. The number of rotatable bonds is 6. The van der Waals surface area contributed by atoms with Crippen molar-refractivity contribution >= 4 is 5.91 Å². The van der Waals surface area contributed by atoms with Gasteiger partial charge in [-0.15, -0.1) is 0 Å². The van der Waals surface area contributed by atoms with E-state index in [1.54, 1.807) is 12.1 Å². The normalized spacial score (nSPS) is 22.3. The Morgan fingerprint density at radius 3 is 2.48 bits per heavy atom. The van der Waals surface area contributed by atoms with Gasteiger partial charge in [0.1, 0.15) is 12.0 Å². The van der Waals surface area contributed by atoms with E-state index in [1.165, 1.54) is 6.07 Å². The fraction of sp³-hybridized carbons (Fsp3) is 0.588. The predicted octanol–water partition coefficient (Wildman–Crippen LogP) is 3.61. The van der Waals surface area contributed by atoms with Crippen LogP contribution in [0.2, 0.25) is 0 Å². The molecule has 1 aromatic rings. The van der Waals surface area contributed by atoms with Gasteiger partial charge in [-0.3, -0.25) is 10.1 Å². The Bertz CT molecular complexity index is 487. The minimum atomic E-state index is -0.347. The van der Waals surface area contributed by atoms with Crippen molar-refractivity contribution in [1.82, 2.24) is 10.2 Å². The van der Waals surface area contributed by atoms with Gasteiger partial charge < -0.3 is 4.90 Å². The number of amides is 1. The summed E-state index contributed by atoms with van der Waals surface area (Å²) in [4.78, 5) is 14.6. The van der Waals surface area contributed by atoms with Gasteiger partial charge in [0, 0.05) is 11.6 Å². The van der Waals surface area contributed by atoms with Crippen LogP contribution >= 0.6 is 0 Å². The van der Waals surface area contributed by atoms with Crippen molar-refractivity contribution in [2.45, 2.75) is 64.7 Å². The maximum absolute atomic E-state index is 14.1. The highest BCUT2D eigenvalue weighted by Gasteiger charge is 2.42. The summed E-state index contributed by atoms with van der Waals surface area (Å²) in [7, 11) is 0. The Hall–Kier alpha value is -1.42. The third-order valence-corrected chi connectivity index (χ3v) is 4.30. The topological polar surface area (TPSA) is 32.3 Å². The molecule has 1 heterocycles. The smallest absolute Gasteiger partial charge is 0.241 e. The zero-order valence-corrected chi connectivity index (χ0v) is 13.1. The zero-order valence-electron chi connectivity index (χ0n) is 13.1. The molecule has 116 valence electrons. The summed E-state index contributed by atoms with van der Waals surface area (Å²) < 4.78 is 14.1. The second-order valence-electron chi connectivity index (χ2n) is 5.65. The van der Waals surface area contributed by atoms with Crippen LogP contribution in [0.4, 0.5) is 4.39 Å².